The maximum atomic E-state index is 10.3. The summed E-state index contributed by atoms with van der Waals surface area (Å²) in [6.45, 7) is 0. The molecule has 0 fully saturated rings. The maximum absolute atomic E-state index is 10.3. The third kappa shape index (κ3) is 0.556. The molecule has 1 aliphatic rings. The SMILES string of the molecule is NC1=CC(=O)NC1=O. The van der Waals surface area contributed by atoms with Crippen molar-refractivity contribution in [3.63, 3.8) is 0 Å². The van der Waals surface area contributed by atoms with Gasteiger partial charge in [0.15, 0.2) is 0 Å². The summed E-state index contributed by atoms with van der Waals surface area (Å²) in [5, 5.41) is 1.97. The van der Waals surface area contributed by atoms with Gasteiger partial charge in [0.2, 0.25) is 0 Å². The van der Waals surface area contributed by atoms with Crippen LogP contribution in [0.5, 0.6) is 0 Å². The Bertz CT molecular complexity index is 182. The largest absolute Gasteiger partial charge is 0.394 e. The van der Waals surface area contributed by atoms with Crippen LogP contribution in [0.2, 0.25) is 0 Å². The predicted molar refractivity (Wildman–Crippen MR) is 25.4 cm³/mol. The maximum Gasteiger partial charge on any atom is 0.274 e. The molecule has 0 radical (unpaired) electrons. The first-order valence-electron chi connectivity index (χ1n) is 2.02. The van der Waals surface area contributed by atoms with Crippen LogP contribution in [0.15, 0.2) is 11.8 Å². The lowest BCUT2D eigenvalue weighted by atomic mass is 10.5. The van der Waals surface area contributed by atoms with Crippen LogP contribution >= 0.6 is 0 Å². The lowest BCUT2D eigenvalue weighted by Crippen LogP contribution is -2.24. The van der Waals surface area contributed by atoms with Gasteiger partial charge in [-0.05, 0) is 0 Å². The number of rotatable bonds is 0. The van der Waals surface area contributed by atoms with Gasteiger partial charge in [-0.2, -0.15) is 0 Å². The molecule has 1 rings (SSSR count). The Kier molecular flexibility index (Phi) is 0.802. The zero-order chi connectivity index (χ0) is 6.15. The highest BCUT2D eigenvalue weighted by Gasteiger charge is 2.16. The molecular weight excluding hydrogens is 108 g/mol. The van der Waals surface area contributed by atoms with Crippen LogP contribution in [0.1, 0.15) is 0 Å². The lowest BCUT2D eigenvalue weighted by Gasteiger charge is -1.84. The number of imide groups is 1. The average molecular weight is 112 g/mol. The second kappa shape index (κ2) is 1.33. The first kappa shape index (κ1) is 4.83. The van der Waals surface area contributed by atoms with Gasteiger partial charge in [-0.3, -0.25) is 14.9 Å². The molecule has 0 aromatic rings. The number of carbonyl (C=O) groups is 2. The molecule has 4 heteroatoms. The highest BCUT2D eigenvalue weighted by molar-refractivity contribution is 6.15. The summed E-state index contributed by atoms with van der Waals surface area (Å²) in [6.07, 6.45) is 1.06. The minimum Gasteiger partial charge on any atom is -0.394 e. The Morgan fingerprint density at radius 2 is 2.12 bits per heavy atom. The molecule has 0 bridgehead atoms. The zero-order valence-electron chi connectivity index (χ0n) is 3.97. The third-order valence-electron chi connectivity index (χ3n) is 0.786. The van der Waals surface area contributed by atoms with E-state index in [1.807, 2.05) is 5.32 Å². The number of hydrogen-bond donors (Lipinski definition) is 2. The van der Waals surface area contributed by atoms with Crippen LogP contribution < -0.4 is 11.1 Å². The molecular formula is C4H4N2O2. The Hall–Kier alpha value is -1.32. The molecule has 0 aromatic heterocycles. The highest BCUT2D eigenvalue weighted by atomic mass is 16.2. The summed E-state index contributed by atoms with van der Waals surface area (Å²) in [5.41, 5.74) is 4.98. The molecule has 0 saturated carbocycles. The van der Waals surface area contributed by atoms with Gasteiger partial charge in [-0.25, -0.2) is 0 Å². The van der Waals surface area contributed by atoms with Gasteiger partial charge in [-0.15, -0.1) is 0 Å². The Balaban J connectivity index is 2.88. The lowest BCUT2D eigenvalue weighted by molar-refractivity contribution is -0.123. The van der Waals surface area contributed by atoms with Crippen LogP contribution in [0.25, 0.3) is 0 Å². The van der Waals surface area contributed by atoms with E-state index in [1.165, 1.54) is 0 Å². The van der Waals surface area contributed by atoms with Crippen LogP contribution in [-0.2, 0) is 9.59 Å². The Morgan fingerprint density at radius 3 is 2.25 bits per heavy atom. The number of carbonyl (C=O) groups excluding carboxylic acids is 2. The van der Waals surface area contributed by atoms with Crippen LogP contribution in [0.3, 0.4) is 0 Å². The standard InChI is InChI=1S/C4H4N2O2/c5-2-1-3(7)6-4(2)8/h1H,(H3,5,6,7,8). The van der Waals surface area contributed by atoms with Crippen LogP contribution in [0, 0.1) is 0 Å². The number of hydrogen-bond acceptors (Lipinski definition) is 3. The molecule has 0 aliphatic carbocycles. The second-order valence-electron chi connectivity index (χ2n) is 1.42. The van der Waals surface area contributed by atoms with E-state index in [-0.39, 0.29) is 5.70 Å². The highest BCUT2D eigenvalue weighted by Crippen LogP contribution is 1.91. The molecule has 0 atom stereocenters. The van der Waals surface area contributed by atoms with Gasteiger partial charge in [0, 0.05) is 6.08 Å². The minimum absolute atomic E-state index is 0.0185. The molecule has 0 spiro atoms. The normalized spacial score (nSPS) is 18.2. The van der Waals surface area contributed by atoms with Crippen molar-refractivity contribution in [3.05, 3.63) is 11.8 Å². The molecule has 3 N–H and O–H groups in total. The van der Waals surface area contributed by atoms with Crippen molar-refractivity contribution in [2.75, 3.05) is 0 Å². The summed E-state index contributed by atoms with van der Waals surface area (Å²) < 4.78 is 0. The molecule has 1 aliphatic heterocycles. The molecule has 8 heavy (non-hydrogen) atoms. The fourth-order valence-electron chi connectivity index (χ4n) is 0.427. The van der Waals surface area contributed by atoms with E-state index in [0.29, 0.717) is 0 Å². The zero-order valence-corrected chi connectivity index (χ0v) is 3.97. The van der Waals surface area contributed by atoms with E-state index in [1.54, 1.807) is 0 Å². The topological polar surface area (TPSA) is 72.2 Å². The molecule has 0 unspecified atom stereocenters. The third-order valence-corrected chi connectivity index (χ3v) is 0.786. The van der Waals surface area contributed by atoms with E-state index < -0.39 is 11.8 Å². The van der Waals surface area contributed by atoms with Gasteiger partial charge in [0.25, 0.3) is 11.8 Å². The van der Waals surface area contributed by atoms with E-state index in [0.717, 1.165) is 6.08 Å². The predicted octanol–water partition coefficient (Wildman–Crippen LogP) is -1.51. The minimum atomic E-state index is -0.505. The van der Waals surface area contributed by atoms with E-state index in [2.05, 4.69) is 0 Å². The van der Waals surface area contributed by atoms with E-state index in [9.17, 15) is 9.59 Å². The van der Waals surface area contributed by atoms with Crippen molar-refractivity contribution in [3.8, 4) is 0 Å². The summed E-state index contributed by atoms with van der Waals surface area (Å²) in [4.78, 5) is 20.4. The summed E-state index contributed by atoms with van der Waals surface area (Å²) >= 11 is 0. The van der Waals surface area contributed by atoms with Gasteiger partial charge < -0.3 is 5.73 Å². The van der Waals surface area contributed by atoms with E-state index >= 15 is 0 Å². The summed E-state index contributed by atoms with van der Waals surface area (Å²) in [7, 11) is 0. The molecule has 0 aromatic carbocycles. The summed E-state index contributed by atoms with van der Waals surface area (Å²) in [6, 6.07) is 0. The quantitative estimate of drug-likeness (QED) is 0.374. The van der Waals surface area contributed by atoms with Gasteiger partial charge in [-0.1, -0.05) is 0 Å². The second-order valence-corrected chi connectivity index (χ2v) is 1.42. The number of nitrogens with one attached hydrogen (secondary N) is 1. The summed E-state index contributed by atoms with van der Waals surface area (Å²) in [5.74, 6) is -0.942. The van der Waals surface area contributed by atoms with Crippen molar-refractivity contribution in [1.82, 2.24) is 5.32 Å². The fourth-order valence-corrected chi connectivity index (χ4v) is 0.427. The van der Waals surface area contributed by atoms with Crippen molar-refractivity contribution in [2.45, 2.75) is 0 Å². The molecule has 42 valence electrons. The van der Waals surface area contributed by atoms with E-state index in [4.69, 9.17) is 5.73 Å². The molecule has 2 amide bonds. The van der Waals surface area contributed by atoms with Crippen molar-refractivity contribution < 1.29 is 9.59 Å². The monoisotopic (exact) mass is 112 g/mol. The first-order chi connectivity index (χ1) is 3.70. The van der Waals surface area contributed by atoms with Crippen molar-refractivity contribution in [2.24, 2.45) is 5.73 Å². The number of nitrogens with two attached hydrogens (primary N) is 1. The Morgan fingerprint density at radius 1 is 1.50 bits per heavy atom. The molecule has 4 nitrogen and oxygen atoms in total. The fraction of sp³-hybridized carbons (Fsp3) is 0. The molecule has 1 heterocycles. The van der Waals surface area contributed by atoms with Crippen molar-refractivity contribution in [1.29, 1.82) is 0 Å². The van der Waals surface area contributed by atoms with Crippen LogP contribution in [0.4, 0.5) is 0 Å². The van der Waals surface area contributed by atoms with Gasteiger partial charge in [0.05, 0.1) is 0 Å². The number of amides is 2. The van der Waals surface area contributed by atoms with Crippen LogP contribution in [-0.4, -0.2) is 11.8 Å². The Labute approximate surface area is 45.4 Å². The molecule has 0 saturated heterocycles. The van der Waals surface area contributed by atoms with Gasteiger partial charge in [0.1, 0.15) is 5.70 Å². The average Bonchev–Trinajstić information content (AvgIpc) is 1.85. The first-order valence-corrected chi connectivity index (χ1v) is 2.02. The smallest absolute Gasteiger partial charge is 0.274 e. The van der Waals surface area contributed by atoms with Gasteiger partial charge >= 0.3 is 0 Å². The van der Waals surface area contributed by atoms with Crippen molar-refractivity contribution >= 4 is 11.8 Å².